The second-order valence-electron chi connectivity index (χ2n) is 5.21. The normalized spacial score (nSPS) is 11.5. The lowest BCUT2D eigenvalue weighted by Crippen LogP contribution is -2.17. The minimum absolute atomic E-state index is 0.0552. The number of ether oxygens (including phenoxy) is 2. The number of nitrogens with zero attached hydrogens (tertiary/aromatic N) is 2. The zero-order chi connectivity index (χ0) is 17.2. The molecule has 0 aliphatic rings. The molecule has 0 N–H and O–H groups in total. The molecule has 23 heavy (non-hydrogen) atoms. The lowest BCUT2D eigenvalue weighted by molar-refractivity contribution is 0.320. The van der Waals surface area contributed by atoms with Crippen molar-refractivity contribution < 1.29 is 17.9 Å². The molecule has 1 aromatic carbocycles. The van der Waals surface area contributed by atoms with Crippen LogP contribution < -0.4 is 9.47 Å². The largest absolute Gasteiger partial charge is 0.494 e. The molecule has 1 aromatic heterocycles. The maximum absolute atomic E-state index is 13.0. The maximum atomic E-state index is 13.0. The molecule has 0 unspecified atom stereocenters. The molecule has 1 heterocycles. The number of aryl methyl sites for hydroxylation is 3. The van der Waals surface area contributed by atoms with Crippen molar-refractivity contribution in [2.45, 2.75) is 39.5 Å². The summed E-state index contributed by atoms with van der Waals surface area (Å²) in [6, 6.07) is 4.91. The van der Waals surface area contributed by atoms with Crippen molar-refractivity contribution >= 4 is 10.0 Å². The Hall–Kier alpha value is -2.02. The Bertz CT molecular complexity index is 810. The molecular formula is C16H22N2O4S. The summed E-state index contributed by atoms with van der Waals surface area (Å²) in [6.07, 6.45) is 0. The van der Waals surface area contributed by atoms with Crippen LogP contribution in [0.15, 0.2) is 23.1 Å². The van der Waals surface area contributed by atoms with Gasteiger partial charge in [-0.05, 0) is 52.3 Å². The molecule has 0 aliphatic carbocycles. The number of hydrogen-bond acceptors (Lipinski definition) is 5. The van der Waals surface area contributed by atoms with E-state index in [1.54, 1.807) is 26.0 Å². The van der Waals surface area contributed by atoms with Crippen molar-refractivity contribution in [2.24, 2.45) is 0 Å². The highest BCUT2D eigenvalue weighted by Crippen LogP contribution is 2.33. The number of rotatable bonds is 6. The number of benzene rings is 1. The zero-order valence-corrected chi connectivity index (χ0v) is 14.9. The molecular weight excluding hydrogens is 316 g/mol. The predicted octanol–water partition coefficient (Wildman–Crippen LogP) is 2.84. The third-order valence-corrected chi connectivity index (χ3v) is 5.01. The first-order chi connectivity index (χ1) is 10.8. The van der Waals surface area contributed by atoms with Crippen molar-refractivity contribution in [3.05, 3.63) is 35.2 Å². The van der Waals surface area contributed by atoms with Crippen molar-refractivity contribution in [3.63, 3.8) is 0 Å². The van der Waals surface area contributed by atoms with Crippen LogP contribution in [0.25, 0.3) is 0 Å². The Kier molecular flexibility index (Phi) is 4.99. The Labute approximate surface area is 137 Å². The van der Waals surface area contributed by atoms with Gasteiger partial charge >= 0.3 is 0 Å². The Morgan fingerprint density at radius 1 is 1.00 bits per heavy atom. The Balaban J connectivity index is 2.68. The molecule has 0 spiro atoms. The average molecular weight is 338 g/mol. The molecule has 6 nitrogen and oxygen atoms in total. The van der Waals surface area contributed by atoms with Crippen LogP contribution in [0.4, 0.5) is 0 Å². The van der Waals surface area contributed by atoms with Crippen molar-refractivity contribution in [1.29, 1.82) is 0 Å². The molecule has 0 saturated carbocycles. The van der Waals surface area contributed by atoms with Gasteiger partial charge in [-0.3, -0.25) is 0 Å². The average Bonchev–Trinajstić information content (AvgIpc) is 2.81. The van der Waals surface area contributed by atoms with Crippen LogP contribution in [0.3, 0.4) is 0 Å². The zero-order valence-electron chi connectivity index (χ0n) is 14.1. The van der Waals surface area contributed by atoms with Gasteiger partial charge in [0.15, 0.2) is 0 Å². The van der Waals surface area contributed by atoms with Crippen molar-refractivity contribution in [3.8, 4) is 11.5 Å². The van der Waals surface area contributed by atoms with Gasteiger partial charge in [0.1, 0.15) is 16.4 Å². The fraction of sp³-hybridized carbons (Fsp3) is 0.438. The first-order valence-corrected chi connectivity index (χ1v) is 8.94. The highest BCUT2D eigenvalue weighted by Gasteiger charge is 2.26. The molecule has 0 radical (unpaired) electrons. The van der Waals surface area contributed by atoms with Gasteiger partial charge in [0.25, 0.3) is 10.0 Å². The highest BCUT2D eigenvalue weighted by atomic mass is 32.2. The molecule has 0 amide bonds. The van der Waals surface area contributed by atoms with E-state index in [1.165, 1.54) is 6.07 Å². The van der Waals surface area contributed by atoms with Crippen LogP contribution in [-0.4, -0.2) is 30.8 Å². The summed E-state index contributed by atoms with van der Waals surface area (Å²) in [4.78, 5) is 0.0552. The fourth-order valence-electron chi connectivity index (χ4n) is 2.37. The number of aromatic nitrogens is 2. The topological polar surface area (TPSA) is 70.4 Å². The second-order valence-corrected chi connectivity index (χ2v) is 6.94. The van der Waals surface area contributed by atoms with Gasteiger partial charge in [-0.25, -0.2) is 0 Å². The minimum atomic E-state index is -3.86. The summed E-state index contributed by atoms with van der Waals surface area (Å²) in [5.41, 5.74) is 2.01. The van der Waals surface area contributed by atoms with Gasteiger partial charge in [-0.1, -0.05) is 0 Å². The standard InChI is InChI=1S/C16H22N2O4S/c1-6-21-14-10-16(15(22-7-2)8-11(14)3)23(19,20)18-13(5)9-12(4)17-18/h8-10H,6-7H2,1-5H3. The Morgan fingerprint density at radius 2 is 1.61 bits per heavy atom. The van der Waals surface area contributed by atoms with Crippen LogP contribution >= 0.6 is 0 Å². The van der Waals surface area contributed by atoms with E-state index in [1.807, 2.05) is 20.8 Å². The highest BCUT2D eigenvalue weighted by molar-refractivity contribution is 7.90. The van der Waals surface area contributed by atoms with Crippen LogP contribution in [0.2, 0.25) is 0 Å². The van der Waals surface area contributed by atoms with E-state index < -0.39 is 10.0 Å². The fourth-order valence-corrected chi connectivity index (χ4v) is 3.85. The third kappa shape index (κ3) is 3.34. The molecule has 126 valence electrons. The molecule has 0 fully saturated rings. The number of hydrogen-bond donors (Lipinski definition) is 0. The molecule has 0 bridgehead atoms. The van der Waals surface area contributed by atoms with Crippen LogP contribution in [0, 0.1) is 20.8 Å². The van der Waals surface area contributed by atoms with E-state index in [9.17, 15) is 8.42 Å². The summed E-state index contributed by atoms with van der Waals surface area (Å²) in [7, 11) is -3.86. The second kappa shape index (κ2) is 6.62. The van der Waals surface area contributed by atoms with E-state index in [-0.39, 0.29) is 4.90 Å². The van der Waals surface area contributed by atoms with Crippen molar-refractivity contribution in [1.82, 2.24) is 9.19 Å². The van der Waals surface area contributed by atoms with Gasteiger partial charge < -0.3 is 9.47 Å². The molecule has 0 aliphatic heterocycles. The van der Waals surface area contributed by atoms with E-state index in [2.05, 4.69) is 5.10 Å². The van der Waals surface area contributed by atoms with Crippen LogP contribution in [-0.2, 0) is 10.0 Å². The predicted molar refractivity (Wildman–Crippen MR) is 87.8 cm³/mol. The summed E-state index contributed by atoms with van der Waals surface area (Å²) in [5.74, 6) is 0.831. The minimum Gasteiger partial charge on any atom is -0.494 e. The van der Waals surface area contributed by atoms with E-state index in [0.29, 0.717) is 36.1 Å². The van der Waals surface area contributed by atoms with Crippen LogP contribution in [0.5, 0.6) is 11.5 Å². The summed E-state index contributed by atoms with van der Waals surface area (Å²) in [5, 5.41) is 4.09. The van der Waals surface area contributed by atoms with Gasteiger partial charge in [-0.2, -0.15) is 17.6 Å². The lowest BCUT2D eigenvalue weighted by atomic mass is 10.2. The van der Waals surface area contributed by atoms with Gasteiger partial charge in [-0.15, -0.1) is 0 Å². The molecule has 0 atom stereocenters. The SMILES string of the molecule is CCOc1cc(S(=O)(=O)n2nc(C)cc2C)c(OCC)cc1C. The molecule has 7 heteroatoms. The van der Waals surface area contributed by atoms with Gasteiger partial charge in [0.05, 0.1) is 24.6 Å². The Morgan fingerprint density at radius 3 is 2.13 bits per heavy atom. The smallest absolute Gasteiger partial charge is 0.287 e. The monoisotopic (exact) mass is 338 g/mol. The van der Waals surface area contributed by atoms with E-state index >= 15 is 0 Å². The summed E-state index contributed by atoms with van der Waals surface area (Å²) < 4.78 is 38.1. The summed E-state index contributed by atoms with van der Waals surface area (Å²) in [6.45, 7) is 9.80. The molecule has 2 aromatic rings. The molecule has 2 rings (SSSR count). The van der Waals surface area contributed by atoms with Gasteiger partial charge in [0.2, 0.25) is 0 Å². The van der Waals surface area contributed by atoms with E-state index in [4.69, 9.17) is 9.47 Å². The van der Waals surface area contributed by atoms with Gasteiger partial charge in [0, 0.05) is 6.07 Å². The lowest BCUT2D eigenvalue weighted by Gasteiger charge is -2.15. The quantitative estimate of drug-likeness (QED) is 0.810. The third-order valence-electron chi connectivity index (χ3n) is 3.31. The first-order valence-electron chi connectivity index (χ1n) is 7.50. The van der Waals surface area contributed by atoms with E-state index in [0.717, 1.165) is 9.65 Å². The van der Waals surface area contributed by atoms with Crippen molar-refractivity contribution in [2.75, 3.05) is 13.2 Å². The molecule has 0 saturated heterocycles. The first kappa shape index (κ1) is 17.3. The summed E-state index contributed by atoms with van der Waals surface area (Å²) >= 11 is 0. The maximum Gasteiger partial charge on any atom is 0.287 e. The van der Waals surface area contributed by atoms with Crippen LogP contribution in [0.1, 0.15) is 30.8 Å².